The third kappa shape index (κ3) is 6.07. The Balaban J connectivity index is 1.16. The fourth-order valence-electron chi connectivity index (χ4n) is 11.3. The topological polar surface area (TPSA) is 3.24 Å². The maximum absolute atomic E-state index is 2.59. The number of nitrogens with zero attached hydrogens (tertiary/aromatic N) is 1. The Labute approximate surface area is 395 Å². The number of hydrogen-bond donors (Lipinski definition) is 0. The van der Waals surface area contributed by atoms with Crippen LogP contribution in [0.3, 0.4) is 0 Å². The van der Waals surface area contributed by atoms with E-state index in [4.69, 9.17) is 0 Å². The van der Waals surface area contributed by atoms with Crippen molar-refractivity contribution in [2.75, 3.05) is 4.90 Å². The summed E-state index contributed by atoms with van der Waals surface area (Å²) in [5, 5.41) is 5.03. The zero-order valence-corrected chi connectivity index (χ0v) is 37.5. The van der Waals surface area contributed by atoms with Gasteiger partial charge in [-0.25, -0.2) is 0 Å². The summed E-state index contributed by atoms with van der Waals surface area (Å²) >= 11 is 1.87. The van der Waals surface area contributed by atoms with Gasteiger partial charge >= 0.3 is 0 Å². The van der Waals surface area contributed by atoms with Gasteiger partial charge in [0.15, 0.2) is 0 Å². The zero-order valence-electron chi connectivity index (χ0n) is 36.7. The normalized spacial score (nSPS) is 12.6. The summed E-state index contributed by atoms with van der Waals surface area (Å²) < 4.78 is 2.58. The van der Waals surface area contributed by atoms with E-state index in [-0.39, 0.29) is 0 Å². The third-order valence-electron chi connectivity index (χ3n) is 14.0. The molecule has 0 saturated heterocycles. The molecule has 0 spiro atoms. The first-order valence-corrected chi connectivity index (χ1v) is 23.9. The summed E-state index contributed by atoms with van der Waals surface area (Å²) in [6.45, 7) is 0. The number of rotatable bonds is 8. The summed E-state index contributed by atoms with van der Waals surface area (Å²) in [5.74, 6) is 0. The van der Waals surface area contributed by atoms with E-state index in [1.807, 2.05) is 11.3 Å². The molecule has 0 aliphatic heterocycles. The van der Waals surface area contributed by atoms with Crippen LogP contribution in [-0.4, -0.2) is 0 Å². The van der Waals surface area contributed by atoms with Crippen LogP contribution in [0.2, 0.25) is 0 Å². The van der Waals surface area contributed by atoms with Gasteiger partial charge < -0.3 is 4.90 Å². The molecule has 314 valence electrons. The molecule has 13 rings (SSSR count). The van der Waals surface area contributed by atoms with Crippen LogP contribution in [0.4, 0.5) is 17.1 Å². The second-order valence-electron chi connectivity index (χ2n) is 17.4. The molecule has 0 radical (unpaired) electrons. The van der Waals surface area contributed by atoms with Gasteiger partial charge in [-0.15, -0.1) is 11.3 Å². The van der Waals surface area contributed by atoms with Crippen LogP contribution in [0.25, 0.3) is 75.5 Å². The Hall–Kier alpha value is -8.30. The molecule has 0 atom stereocenters. The average Bonchev–Trinajstić information content (AvgIpc) is 3.94. The third-order valence-corrected chi connectivity index (χ3v) is 15.1. The molecule has 0 bridgehead atoms. The molecule has 0 N–H and O–H groups in total. The second kappa shape index (κ2) is 16.0. The molecule has 1 nitrogen and oxygen atoms in total. The van der Waals surface area contributed by atoms with E-state index < -0.39 is 5.41 Å². The predicted molar refractivity (Wildman–Crippen MR) is 285 cm³/mol. The lowest BCUT2D eigenvalue weighted by atomic mass is 9.68. The van der Waals surface area contributed by atoms with E-state index in [0.29, 0.717) is 0 Å². The Morgan fingerprint density at radius 3 is 1.45 bits per heavy atom. The van der Waals surface area contributed by atoms with Crippen LogP contribution in [0.5, 0.6) is 0 Å². The molecule has 1 aliphatic rings. The maximum Gasteiger partial charge on any atom is 0.0714 e. The Morgan fingerprint density at radius 1 is 0.299 bits per heavy atom. The van der Waals surface area contributed by atoms with E-state index in [1.165, 1.54) is 92.1 Å². The minimum absolute atomic E-state index is 0.559. The molecular formula is C65H43NS. The lowest BCUT2D eigenvalue weighted by molar-refractivity contribution is 0.768. The van der Waals surface area contributed by atoms with E-state index in [0.717, 1.165) is 22.6 Å². The first-order chi connectivity index (χ1) is 33.3. The number of anilines is 3. The number of fused-ring (bicyclic) bond motifs is 7. The number of thiophene rings is 1. The van der Waals surface area contributed by atoms with Gasteiger partial charge in [-0.3, -0.25) is 0 Å². The lowest BCUT2D eigenvalue weighted by Gasteiger charge is -2.35. The number of hydrogen-bond acceptors (Lipinski definition) is 2. The Bertz CT molecular complexity index is 3770. The first-order valence-electron chi connectivity index (χ1n) is 23.1. The van der Waals surface area contributed by atoms with E-state index >= 15 is 0 Å². The smallest absolute Gasteiger partial charge is 0.0714 e. The largest absolute Gasteiger partial charge is 0.309 e. The molecular weight excluding hydrogens is 827 g/mol. The van der Waals surface area contributed by atoms with Crippen LogP contribution in [0.15, 0.2) is 261 Å². The van der Waals surface area contributed by atoms with Gasteiger partial charge in [-0.05, 0) is 91.2 Å². The Morgan fingerprint density at radius 2 is 0.761 bits per heavy atom. The van der Waals surface area contributed by atoms with Gasteiger partial charge in [0, 0.05) is 36.9 Å². The minimum Gasteiger partial charge on any atom is -0.309 e. The molecule has 1 aliphatic carbocycles. The van der Waals surface area contributed by atoms with Crippen molar-refractivity contribution in [2.24, 2.45) is 0 Å². The van der Waals surface area contributed by atoms with Crippen molar-refractivity contribution >= 4 is 59.3 Å². The highest BCUT2D eigenvalue weighted by Crippen LogP contribution is 2.60. The molecule has 67 heavy (non-hydrogen) atoms. The average molecular weight is 870 g/mol. The van der Waals surface area contributed by atoms with Crippen LogP contribution in [0.1, 0.15) is 22.3 Å². The maximum atomic E-state index is 2.59. The van der Waals surface area contributed by atoms with Gasteiger partial charge in [0.25, 0.3) is 0 Å². The molecule has 1 aromatic heterocycles. The van der Waals surface area contributed by atoms with Crippen molar-refractivity contribution in [3.63, 3.8) is 0 Å². The summed E-state index contributed by atoms with van der Waals surface area (Å²) in [5.41, 5.74) is 17.5. The monoisotopic (exact) mass is 869 g/mol. The fraction of sp³-hybridized carbons (Fsp3) is 0.0154. The zero-order chi connectivity index (χ0) is 44.3. The molecule has 12 aromatic rings. The highest BCUT2D eigenvalue weighted by atomic mass is 32.1. The molecule has 0 unspecified atom stereocenters. The van der Waals surface area contributed by atoms with Gasteiger partial charge in [0.2, 0.25) is 0 Å². The molecule has 2 heteroatoms. The molecule has 0 amide bonds. The van der Waals surface area contributed by atoms with Crippen molar-refractivity contribution in [3.8, 4) is 44.5 Å². The quantitative estimate of drug-likeness (QED) is 0.147. The summed E-state index contributed by atoms with van der Waals surface area (Å²) in [6.07, 6.45) is 0. The van der Waals surface area contributed by atoms with Crippen LogP contribution in [-0.2, 0) is 5.41 Å². The van der Waals surface area contributed by atoms with Crippen LogP contribution >= 0.6 is 11.3 Å². The fourth-order valence-corrected chi connectivity index (χ4v) is 12.4. The number of benzene rings is 11. The summed E-state index contributed by atoms with van der Waals surface area (Å²) in [7, 11) is 0. The Kier molecular flexibility index (Phi) is 9.33. The van der Waals surface area contributed by atoms with Crippen LogP contribution in [0, 0.1) is 0 Å². The molecule has 0 fully saturated rings. The standard InChI is InChI=1S/C65H43NS/c1-4-22-44(23-5-1)48-34-18-24-45-25-19-35-51(62(45)48)49-30-11-15-39-57(49)66(58-40-16-12-31-50(58)52-36-20-43-61-63(52)54-33-13-17-42-60(54)67-61)59-41-21-38-56-64(59)53-32-10-14-37-55(53)65(56,46-26-6-2-7-27-46)47-28-8-3-9-29-47/h1-43H. The highest BCUT2D eigenvalue weighted by molar-refractivity contribution is 7.25. The summed E-state index contributed by atoms with van der Waals surface area (Å²) in [4.78, 5) is 2.59. The van der Waals surface area contributed by atoms with Crippen molar-refractivity contribution in [2.45, 2.75) is 5.41 Å². The van der Waals surface area contributed by atoms with E-state index in [9.17, 15) is 0 Å². The van der Waals surface area contributed by atoms with E-state index in [2.05, 4.69) is 266 Å². The molecule has 11 aromatic carbocycles. The van der Waals surface area contributed by atoms with Gasteiger partial charge in [-0.1, -0.05) is 231 Å². The second-order valence-corrected chi connectivity index (χ2v) is 18.5. The van der Waals surface area contributed by atoms with Gasteiger partial charge in [0.1, 0.15) is 0 Å². The SMILES string of the molecule is c1ccc(-c2cccc3cccc(-c4ccccc4N(c4ccccc4-c4cccc5sc6ccccc6c45)c4cccc5c4-c4ccccc4C5(c4ccccc4)c4ccccc4)c23)cc1. The van der Waals surface area contributed by atoms with Gasteiger partial charge in [0.05, 0.1) is 22.5 Å². The van der Waals surface area contributed by atoms with Gasteiger partial charge in [-0.2, -0.15) is 0 Å². The van der Waals surface area contributed by atoms with Crippen LogP contribution < -0.4 is 4.90 Å². The van der Waals surface area contributed by atoms with Crippen molar-refractivity contribution in [1.29, 1.82) is 0 Å². The summed E-state index contributed by atoms with van der Waals surface area (Å²) in [6, 6.07) is 96.5. The number of para-hydroxylation sites is 2. The van der Waals surface area contributed by atoms with Crippen molar-refractivity contribution in [3.05, 3.63) is 283 Å². The first kappa shape index (κ1) is 39.1. The van der Waals surface area contributed by atoms with E-state index in [1.54, 1.807) is 0 Å². The molecule has 0 saturated carbocycles. The van der Waals surface area contributed by atoms with Crippen molar-refractivity contribution in [1.82, 2.24) is 0 Å². The molecule has 1 heterocycles. The van der Waals surface area contributed by atoms with Crippen molar-refractivity contribution < 1.29 is 0 Å². The minimum atomic E-state index is -0.559. The highest BCUT2D eigenvalue weighted by Gasteiger charge is 2.47. The predicted octanol–water partition coefficient (Wildman–Crippen LogP) is 18.0. The lowest BCUT2D eigenvalue weighted by Crippen LogP contribution is -2.28.